The summed E-state index contributed by atoms with van der Waals surface area (Å²) in [7, 11) is 0. The third-order valence-electron chi connectivity index (χ3n) is 1.56. The van der Waals surface area contributed by atoms with Gasteiger partial charge in [0.25, 0.3) is 0 Å². The number of hydrogen-bond acceptors (Lipinski definition) is 2. The summed E-state index contributed by atoms with van der Waals surface area (Å²) in [5.74, 6) is 0.0804. The molecule has 0 spiro atoms. The van der Waals surface area contributed by atoms with Crippen molar-refractivity contribution in [3.8, 4) is 5.75 Å². The molecule has 0 bridgehead atoms. The third kappa shape index (κ3) is 3.01. The molecule has 0 aromatic heterocycles. The van der Waals surface area contributed by atoms with Gasteiger partial charge in [-0.3, -0.25) is 4.79 Å². The molecule has 0 radical (unpaired) electrons. The Labute approximate surface area is 79.7 Å². The molecule has 0 heterocycles. The van der Waals surface area contributed by atoms with Gasteiger partial charge in [-0.25, -0.2) is 0 Å². The average molecular weight is 201 g/mol. The van der Waals surface area contributed by atoms with Gasteiger partial charge in [0.1, 0.15) is 5.75 Å². The van der Waals surface area contributed by atoms with Crippen molar-refractivity contribution in [2.24, 2.45) is 0 Å². The Morgan fingerprint density at radius 1 is 1.43 bits per heavy atom. The van der Waals surface area contributed by atoms with Gasteiger partial charge in [-0.1, -0.05) is 18.2 Å². The summed E-state index contributed by atoms with van der Waals surface area (Å²) < 4.78 is 28.1. The Bertz CT molecular complexity index is 305. The Balaban J connectivity index is 2.74. The van der Waals surface area contributed by atoms with Gasteiger partial charge >= 0.3 is 6.61 Å². The first kappa shape index (κ1) is 10.4. The minimum Gasteiger partial charge on any atom is -0.434 e. The van der Waals surface area contributed by atoms with Crippen LogP contribution >= 0.6 is 0 Å². The summed E-state index contributed by atoms with van der Waals surface area (Å²) in [4.78, 5) is 10.0. The molecule has 0 saturated heterocycles. The number of halogens is 2. The fraction of sp³-hybridized carbons (Fsp3) is 0.222. The lowest BCUT2D eigenvalue weighted by molar-refractivity contribution is -0.109. The number of alkyl halides is 2. The second-order valence-electron chi connectivity index (χ2n) is 2.48. The van der Waals surface area contributed by atoms with Crippen LogP contribution in [-0.2, 0) is 11.3 Å². The van der Waals surface area contributed by atoms with E-state index in [0.717, 1.165) is 0 Å². The molecule has 14 heavy (non-hydrogen) atoms. The van der Waals surface area contributed by atoms with Gasteiger partial charge < -0.3 is 10.1 Å². The first-order valence-corrected chi connectivity index (χ1v) is 3.94. The van der Waals surface area contributed by atoms with Crippen LogP contribution in [0.25, 0.3) is 0 Å². The second kappa shape index (κ2) is 5.16. The minimum atomic E-state index is -2.85. The molecule has 0 aliphatic rings. The SMILES string of the molecule is O=CNCc1ccccc1OC(F)F. The molecule has 1 amide bonds. The van der Waals surface area contributed by atoms with E-state index in [1.54, 1.807) is 18.2 Å². The van der Waals surface area contributed by atoms with Crippen molar-refractivity contribution in [3.63, 3.8) is 0 Å². The summed E-state index contributed by atoms with van der Waals surface area (Å²) in [5, 5.41) is 2.37. The van der Waals surface area contributed by atoms with Gasteiger partial charge in [0, 0.05) is 12.1 Å². The van der Waals surface area contributed by atoms with Crippen molar-refractivity contribution in [2.75, 3.05) is 0 Å². The van der Waals surface area contributed by atoms with Gasteiger partial charge in [-0.2, -0.15) is 8.78 Å². The van der Waals surface area contributed by atoms with Gasteiger partial charge in [0.15, 0.2) is 0 Å². The molecule has 0 fully saturated rings. The maximum absolute atomic E-state index is 11.9. The number of nitrogens with one attached hydrogen (secondary N) is 1. The molecular weight excluding hydrogens is 192 g/mol. The summed E-state index contributed by atoms with van der Waals surface area (Å²) in [6.45, 7) is -2.68. The van der Waals surface area contributed by atoms with E-state index in [2.05, 4.69) is 10.1 Å². The molecule has 1 N–H and O–H groups in total. The van der Waals surface area contributed by atoms with Crippen LogP contribution in [0.4, 0.5) is 8.78 Å². The molecule has 1 aromatic carbocycles. The average Bonchev–Trinajstić information content (AvgIpc) is 2.16. The van der Waals surface area contributed by atoms with Crippen LogP contribution in [0.15, 0.2) is 24.3 Å². The van der Waals surface area contributed by atoms with E-state index in [9.17, 15) is 13.6 Å². The number of benzene rings is 1. The summed E-state index contributed by atoms with van der Waals surface area (Å²) >= 11 is 0. The number of para-hydroxylation sites is 1. The molecule has 0 unspecified atom stereocenters. The first-order valence-electron chi connectivity index (χ1n) is 3.94. The third-order valence-corrected chi connectivity index (χ3v) is 1.56. The fourth-order valence-electron chi connectivity index (χ4n) is 1.01. The fourth-order valence-corrected chi connectivity index (χ4v) is 1.01. The zero-order chi connectivity index (χ0) is 10.4. The van der Waals surface area contributed by atoms with Crippen molar-refractivity contribution >= 4 is 6.41 Å². The van der Waals surface area contributed by atoms with Gasteiger partial charge in [0.05, 0.1) is 0 Å². The van der Waals surface area contributed by atoms with Crippen molar-refractivity contribution < 1.29 is 18.3 Å². The van der Waals surface area contributed by atoms with E-state index in [4.69, 9.17) is 0 Å². The number of amides is 1. The Morgan fingerprint density at radius 2 is 2.14 bits per heavy atom. The van der Waals surface area contributed by atoms with Crippen molar-refractivity contribution in [1.82, 2.24) is 5.32 Å². The minimum absolute atomic E-state index is 0.0804. The molecule has 0 aliphatic carbocycles. The number of hydrogen-bond donors (Lipinski definition) is 1. The zero-order valence-electron chi connectivity index (χ0n) is 7.24. The Kier molecular flexibility index (Phi) is 3.84. The molecule has 5 heteroatoms. The van der Waals surface area contributed by atoms with E-state index in [1.165, 1.54) is 6.07 Å². The molecule has 0 aliphatic heterocycles. The van der Waals surface area contributed by atoms with Crippen molar-refractivity contribution in [1.29, 1.82) is 0 Å². The highest BCUT2D eigenvalue weighted by Gasteiger charge is 2.07. The van der Waals surface area contributed by atoms with Crippen molar-refractivity contribution in [3.05, 3.63) is 29.8 Å². The summed E-state index contributed by atoms with van der Waals surface area (Å²) in [6, 6.07) is 6.30. The maximum Gasteiger partial charge on any atom is 0.387 e. The topological polar surface area (TPSA) is 38.3 Å². The molecule has 1 aromatic rings. The smallest absolute Gasteiger partial charge is 0.387 e. The number of carbonyl (C=O) groups is 1. The number of carbonyl (C=O) groups excluding carboxylic acids is 1. The molecule has 3 nitrogen and oxygen atoms in total. The normalized spacial score (nSPS) is 9.93. The monoisotopic (exact) mass is 201 g/mol. The number of ether oxygens (including phenoxy) is 1. The quantitative estimate of drug-likeness (QED) is 0.734. The lowest BCUT2D eigenvalue weighted by Gasteiger charge is -2.09. The highest BCUT2D eigenvalue weighted by molar-refractivity contribution is 5.47. The summed E-state index contributed by atoms with van der Waals surface area (Å²) in [6.07, 6.45) is 0.499. The van der Waals surface area contributed by atoms with Crippen LogP contribution in [0.3, 0.4) is 0 Å². The predicted octanol–water partition coefficient (Wildman–Crippen LogP) is 1.53. The molecular formula is C9H9F2NO2. The van der Waals surface area contributed by atoms with Crippen LogP contribution in [-0.4, -0.2) is 13.0 Å². The predicted molar refractivity (Wildman–Crippen MR) is 46.0 cm³/mol. The van der Waals surface area contributed by atoms with Gasteiger partial charge in [-0.15, -0.1) is 0 Å². The van der Waals surface area contributed by atoms with E-state index in [0.29, 0.717) is 12.0 Å². The van der Waals surface area contributed by atoms with Crippen LogP contribution in [0.5, 0.6) is 5.75 Å². The molecule has 76 valence electrons. The van der Waals surface area contributed by atoms with E-state index >= 15 is 0 Å². The highest BCUT2D eigenvalue weighted by atomic mass is 19.3. The standard InChI is InChI=1S/C9H9F2NO2/c10-9(11)14-8-4-2-1-3-7(8)5-12-6-13/h1-4,6,9H,5H2,(H,12,13). The zero-order valence-corrected chi connectivity index (χ0v) is 7.24. The Morgan fingerprint density at radius 3 is 2.79 bits per heavy atom. The number of rotatable bonds is 5. The lowest BCUT2D eigenvalue weighted by Crippen LogP contribution is -2.12. The first-order chi connectivity index (χ1) is 6.74. The van der Waals surface area contributed by atoms with E-state index in [1.807, 2.05) is 0 Å². The van der Waals surface area contributed by atoms with Crippen LogP contribution < -0.4 is 10.1 Å². The molecule has 1 rings (SSSR count). The van der Waals surface area contributed by atoms with E-state index in [-0.39, 0.29) is 12.3 Å². The maximum atomic E-state index is 11.9. The Hall–Kier alpha value is -1.65. The van der Waals surface area contributed by atoms with Crippen LogP contribution in [0.1, 0.15) is 5.56 Å². The lowest BCUT2D eigenvalue weighted by atomic mass is 10.2. The highest BCUT2D eigenvalue weighted by Crippen LogP contribution is 2.19. The van der Waals surface area contributed by atoms with Gasteiger partial charge in [-0.05, 0) is 6.07 Å². The molecule has 0 atom stereocenters. The van der Waals surface area contributed by atoms with Gasteiger partial charge in [0.2, 0.25) is 6.41 Å². The largest absolute Gasteiger partial charge is 0.434 e. The van der Waals surface area contributed by atoms with E-state index < -0.39 is 6.61 Å². The second-order valence-corrected chi connectivity index (χ2v) is 2.48. The van der Waals surface area contributed by atoms with Crippen molar-refractivity contribution in [2.45, 2.75) is 13.2 Å². The summed E-state index contributed by atoms with van der Waals surface area (Å²) in [5.41, 5.74) is 0.514. The van der Waals surface area contributed by atoms with Crippen LogP contribution in [0, 0.1) is 0 Å². The molecule has 0 saturated carbocycles. The van der Waals surface area contributed by atoms with Crippen LogP contribution in [0.2, 0.25) is 0 Å².